The van der Waals surface area contributed by atoms with Gasteiger partial charge in [0.1, 0.15) is 12.1 Å². The molecule has 0 saturated carbocycles. The van der Waals surface area contributed by atoms with E-state index in [2.05, 4.69) is 41.2 Å². The molecule has 0 saturated heterocycles. The summed E-state index contributed by atoms with van der Waals surface area (Å²) in [5.41, 5.74) is 10.3. The first-order chi connectivity index (χ1) is 11.7. The third-order valence-corrected chi connectivity index (χ3v) is 3.71. The highest BCUT2D eigenvalue weighted by Crippen LogP contribution is 2.25. The van der Waals surface area contributed by atoms with Crippen molar-refractivity contribution in [2.24, 2.45) is 0 Å². The van der Waals surface area contributed by atoms with E-state index in [-0.39, 0.29) is 0 Å². The molecule has 3 heteroatoms. The highest BCUT2D eigenvalue weighted by atomic mass is 14.9. The average molecular weight is 313 g/mol. The fourth-order valence-corrected chi connectivity index (χ4v) is 2.42. The highest BCUT2D eigenvalue weighted by molar-refractivity contribution is 5.91. The van der Waals surface area contributed by atoms with Gasteiger partial charge in [-0.1, -0.05) is 72.3 Å². The van der Waals surface area contributed by atoms with Gasteiger partial charge in [0.15, 0.2) is 0 Å². The van der Waals surface area contributed by atoms with E-state index in [1.165, 1.54) is 11.9 Å². The van der Waals surface area contributed by atoms with Gasteiger partial charge in [0.2, 0.25) is 0 Å². The Bertz CT molecular complexity index is 919. The molecule has 0 radical (unpaired) electrons. The van der Waals surface area contributed by atoms with Crippen molar-refractivity contribution in [3.05, 3.63) is 90.8 Å². The third kappa shape index (κ3) is 3.76. The number of benzene rings is 3. The standard InChI is InChI=1S/C14H11N3.C7H8/c15-14-12-8-11(10-4-2-1-3-5-10)6-7-13(12)16-9-17-14;1-7-5-3-2-4-6-7/h1-9H,(H2,15,16,17);2-6H,1H3. The molecule has 118 valence electrons. The molecule has 0 fully saturated rings. The van der Waals surface area contributed by atoms with E-state index in [4.69, 9.17) is 5.73 Å². The number of hydrogen-bond donors (Lipinski definition) is 1. The molecule has 0 aliphatic rings. The van der Waals surface area contributed by atoms with E-state index in [0.29, 0.717) is 5.82 Å². The summed E-state index contributed by atoms with van der Waals surface area (Å²) >= 11 is 0. The largest absolute Gasteiger partial charge is 0.383 e. The molecule has 1 aromatic heterocycles. The number of nitrogens with zero attached hydrogens (tertiary/aromatic N) is 2. The number of rotatable bonds is 1. The molecule has 0 amide bonds. The van der Waals surface area contributed by atoms with E-state index in [1.807, 2.05) is 54.6 Å². The molecule has 3 aromatic carbocycles. The van der Waals surface area contributed by atoms with Crippen molar-refractivity contribution in [3.63, 3.8) is 0 Å². The average Bonchev–Trinajstić information content (AvgIpc) is 2.64. The second kappa shape index (κ2) is 7.38. The summed E-state index contributed by atoms with van der Waals surface area (Å²) in [5.74, 6) is 0.521. The lowest BCUT2D eigenvalue weighted by Crippen LogP contribution is -1.93. The molecule has 3 nitrogen and oxygen atoms in total. The second-order valence-electron chi connectivity index (χ2n) is 5.51. The van der Waals surface area contributed by atoms with E-state index in [9.17, 15) is 0 Å². The minimum Gasteiger partial charge on any atom is -0.383 e. The van der Waals surface area contributed by atoms with Crippen molar-refractivity contribution >= 4 is 16.7 Å². The summed E-state index contributed by atoms with van der Waals surface area (Å²) in [5, 5.41) is 0.897. The highest BCUT2D eigenvalue weighted by Gasteiger charge is 2.02. The Morgan fingerprint density at radius 2 is 1.38 bits per heavy atom. The number of anilines is 1. The smallest absolute Gasteiger partial charge is 0.134 e. The lowest BCUT2D eigenvalue weighted by atomic mass is 10.0. The fraction of sp³-hybridized carbons (Fsp3) is 0.0476. The summed E-state index contributed by atoms with van der Waals surface area (Å²) in [7, 11) is 0. The Balaban J connectivity index is 0.000000203. The van der Waals surface area contributed by atoms with Gasteiger partial charge in [-0.3, -0.25) is 0 Å². The van der Waals surface area contributed by atoms with Crippen LogP contribution in [0.15, 0.2) is 85.2 Å². The number of nitrogen functional groups attached to an aromatic ring is 1. The number of aromatic nitrogens is 2. The van der Waals surface area contributed by atoms with Crippen LogP contribution in [0.2, 0.25) is 0 Å². The lowest BCUT2D eigenvalue weighted by molar-refractivity contribution is 1.23. The zero-order valence-corrected chi connectivity index (χ0v) is 13.6. The Morgan fingerprint density at radius 3 is 2.00 bits per heavy atom. The van der Waals surface area contributed by atoms with Gasteiger partial charge in [-0.25, -0.2) is 9.97 Å². The van der Waals surface area contributed by atoms with Crippen LogP contribution in [0.5, 0.6) is 0 Å². The molecule has 0 bridgehead atoms. The van der Waals surface area contributed by atoms with Gasteiger partial charge in [-0.2, -0.15) is 0 Å². The van der Waals surface area contributed by atoms with Gasteiger partial charge in [0, 0.05) is 5.39 Å². The molecule has 4 rings (SSSR count). The second-order valence-corrected chi connectivity index (χ2v) is 5.51. The SMILES string of the molecule is Cc1ccccc1.Nc1ncnc2ccc(-c3ccccc3)cc12. The van der Waals surface area contributed by atoms with Gasteiger partial charge in [0.05, 0.1) is 5.52 Å². The fourth-order valence-electron chi connectivity index (χ4n) is 2.42. The lowest BCUT2D eigenvalue weighted by Gasteiger charge is -2.04. The summed E-state index contributed by atoms with van der Waals surface area (Å²) in [6, 6.07) is 26.5. The molecule has 0 aliphatic heterocycles. The van der Waals surface area contributed by atoms with Crippen LogP contribution < -0.4 is 5.73 Å². The molecular weight excluding hydrogens is 294 g/mol. The predicted octanol–water partition coefficient (Wildman–Crippen LogP) is 4.87. The third-order valence-electron chi connectivity index (χ3n) is 3.71. The maximum Gasteiger partial charge on any atom is 0.134 e. The molecule has 1 heterocycles. The molecule has 4 aromatic rings. The van der Waals surface area contributed by atoms with Crippen LogP contribution in [0.4, 0.5) is 5.82 Å². The molecule has 2 N–H and O–H groups in total. The minimum atomic E-state index is 0.521. The summed E-state index contributed by atoms with van der Waals surface area (Å²) < 4.78 is 0. The van der Waals surface area contributed by atoms with Gasteiger partial charge < -0.3 is 5.73 Å². The van der Waals surface area contributed by atoms with Crippen molar-refractivity contribution in [1.29, 1.82) is 0 Å². The van der Waals surface area contributed by atoms with Crippen molar-refractivity contribution in [1.82, 2.24) is 9.97 Å². The first kappa shape index (κ1) is 15.7. The predicted molar refractivity (Wildman–Crippen MR) is 101 cm³/mol. The van der Waals surface area contributed by atoms with E-state index in [0.717, 1.165) is 22.0 Å². The first-order valence-corrected chi connectivity index (χ1v) is 7.81. The maximum absolute atomic E-state index is 5.85. The Hall–Kier alpha value is -3.20. The molecule has 0 spiro atoms. The van der Waals surface area contributed by atoms with Crippen LogP contribution in [-0.4, -0.2) is 9.97 Å². The van der Waals surface area contributed by atoms with Gasteiger partial charge in [-0.05, 0) is 30.2 Å². The Kier molecular flexibility index (Phi) is 4.82. The first-order valence-electron chi connectivity index (χ1n) is 7.81. The van der Waals surface area contributed by atoms with Crippen LogP contribution in [-0.2, 0) is 0 Å². The normalized spacial score (nSPS) is 10.0. The minimum absolute atomic E-state index is 0.521. The van der Waals surface area contributed by atoms with Crippen LogP contribution in [0.25, 0.3) is 22.0 Å². The van der Waals surface area contributed by atoms with Gasteiger partial charge in [0.25, 0.3) is 0 Å². The Labute approximate surface area is 141 Å². The number of aryl methyl sites for hydroxylation is 1. The van der Waals surface area contributed by atoms with Crippen LogP contribution >= 0.6 is 0 Å². The van der Waals surface area contributed by atoms with Crippen molar-refractivity contribution < 1.29 is 0 Å². The van der Waals surface area contributed by atoms with Crippen LogP contribution in [0, 0.1) is 6.92 Å². The maximum atomic E-state index is 5.85. The topological polar surface area (TPSA) is 51.8 Å². The summed E-state index contributed by atoms with van der Waals surface area (Å²) in [4.78, 5) is 8.19. The van der Waals surface area contributed by atoms with Gasteiger partial charge >= 0.3 is 0 Å². The summed E-state index contributed by atoms with van der Waals surface area (Å²) in [6.45, 7) is 2.08. The number of fused-ring (bicyclic) bond motifs is 1. The zero-order valence-electron chi connectivity index (χ0n) is 13.6. The molecule has 0 unspecified atom stereocenters. The zero-order chi connectivity index (χ0) is 16.8. The Morgan fingerprint density at radius 1 is 0.708 bits per heavy atom. The molecule has 0 aliphatic carbocycles. The molecule has 24 heavy (non-hydrogen) atoms. The monoisotopic (exact) mass is 313 g/mol. The van der Waals surface area contributed by atoms with E-state index >= 15 is 0 Å². The molecule has 0 atom stereocenters. The van der Waals surface area contributed by atoms with Crippen molar-refractivity contribution in [3.8, 4) is 11.1 Å². The van der Waals surface area contributed by atoms with Crippen LogP contribution in [0.1, 0.15) is 5.56 Å². The van der Waals surface area contributed by atoms with Gasteiger partial charge in [-0.15, -0.1) is 0 Å². The number of nitrogens with two attached hydrogens (primary N) is 1. The van der Waals surface area contributed by atoms with E-state index < -0.39 is 0 Å². The van der Waals surface area contributed by atoms with Crippen molar-refractivity contribution in [2.75, 3.05) is 5.73 Å². The number of hydrogen-bond acceptors (Lipinski definition) is 3. The molecular formula is C21H19N3. The summed E-state index contributed by atoms with van der Waals surface area (Å²) in [6.07, 6.45) is 1.49. The van der Waals surface area contributed by atoms with Crippen molar-refractivity contribution in [2.45, 2.75) is 6.92 Å². The van der Waals surface area contributed by atoms with Crippen LogP contribution in [0.3, 0.4) is 0 Å². The quantitative estimate of drug-likeness (QED) is 0.545. The van der Waals surface area contributed by atoms with E-state index in [1.54, 1.807) is 0 Å².